The summed E-state index contributed by atoms with van der Waals surface area (Å²) in [4.78, 5) is 0. The fourth-order valence-electron chi connectivity index (χ4n) is 8.57. The maximum absolute atomic E-state index is 11.3. The van der Waals surface area contributed by atoms with Crippen molar-refractivity contribution in [2.45, 2.75) is 108 Å². The van der Waals surface area contributed by atoms with E-state index in [-0.39, 0.29) is 12.2 Å². The SMILES string of the molecule is OC1CCC(O)[C@@H]2[C@H]3CCCC[C@@H]3C[C@@H]2NCCCNC2C[C@H]3CCCCC3[C@@H]12. The van der Waals surface area contributed by atoms with Crippen molar-refractivity contribution in [2.75, 3.05) is 13.1 Å². The Morgan fingerprint density at radius 1 is 0.517 bits per heavy atom. The van der Waals surface area contributed by atoms with Crippen LogP contribution in [0.3, 0.4) is 0 Å². The molecule has 5 aliphatic rings. The number of aliphatic hydroxyl groups excluding tert-OH is 2. The van der Waals surface area contributed by atoms with Crippen LogP contribution in [0.5, 0.6) is 0 Å². The van der Waals surface area contributed by atoms with Crippen LogP contribution in [0.25, 0.3) is 0 Å². The summed E-state index contributed by atoms with van der Waals surface area (Å²) in [6.07, 6.45) is 15.6. The van der Waals surface area contributed by atoms with Gasteiger partial charge in [0.15, 0.2) is 0 Å². The first-order valence-electron chi connectivity index (χ1n) is 13.1. The topological polar surface area (TPSA) is 64.5 Å². The van der Waals surface area contributed by atoms with E-state index in [1.807, 2.05) is 0 Å². The molecule has 0 aromatic heterocycles. The van der Waals surface area contributed by atoms with Gasteiger partial charge in [0.05, 0.1) is 12.2 Å². The van der Waals surface area contributed by atoms with Gasteiger partial charge in [-0.3, -0.25) is 0 Å². The predicted octanol–water partition coefficient (Wildman–Crippen LogP) is 3.46. The standard InChI is InChI=1S/C25H44N2O2/c28-22-10-11-23(29)25-19-9-4-2-7-17(19)15-21(25)27-13-5-12-26-20-14-16-6-1-3-8-18(16)24(20)22/h16-29H,1-15H2/t16-,17-,18+,19?,20+,21?,22?,23?,24-,25-/m1/s1. The summed E-state index contributed by atoms with van der Waals surface area (Å²) in [5, 5.41) is 30.3. The Balaban J connectivity index is 1.31. The van der Waals surface area contributed by atoms with Crippen LogP contribution in [0.15, 0.2) is 0 Å². The minimum absolute atomic E-state index is 0.244. The minimum Gasteiger partial charge on any atom is -0.393 e. The van der Waals surface area contributed by atoms with Gasteiger partial charge in [0.2, 0.25) is 0 Å². The molecule has 10 atom stereocenters. The van der Waals surface area contributed by atoms with Crippen LogP contribution in [0.4, 0.5) is 0 Å². The molecule has 4 nitrogen and oxygen atoms in total. The van der Waals surface area contributed by atoms with Crippen LogP contribution in [-0.2, 0) is 0 Å². The van der Waals surface area contributed by atoms with Gasteiger partial charge in [-0.15, -0.1) is 0 Å². The zero-order chi connectivity index (χ0) is 19.8. The Labute approximate surface area is 177 Å². The van der Waals surface area contributed by atoms with E-state index in [4.69, 9.17) is 0 Å². The van der Waals surface area contributed by atoms with Crippen LogP contribution >= 0.6 is 0 Å². The molecule has 4 heteroatoms. The van der Waals surface area contributed by atoms with Gasteiger partial charge in [0, 0.05) is 23.9 Å². The van der Waals surface area contributed by atoms with Crippen molar-refractivity contribution < 1.29 is 10.2 Å². The van der Waals surface area contributed by atoms with Gasteiger partial charge in [0.25, 0.3) is 0 Å². The molecule has 4 unspecified atom stereocenters. The molecular formula is C25H44N2O2. The van der Waals surface area contributed by atoms with Crippen molar-refractivity contribution in [1.29, 1.82) is 0 Å². The second-order valence-corrected chi connectivity index (χ2v) is 11.2. The molecule has 1 heterocycles. The van der Waals surface area contributed by atoms with Gasteiger partial charge in [-0.25, -0.2) is 0 Å². The molecule has 5 fully saturated rings. The Kier molecular flexibility index (Phi) is 6.53. The van der Waals surface area contributed by atoms with Crippen molar-refractivity contribution in [3.63, 3.8) is 0 Å². The highest BCUT2D eigenvalue weighted by atomic mass is 16.3. The predicted molar refractivity (Wildman–Crippen MR) is 117 cm³/mol. The largest absolute Gasteiger partial charge is 0.393 e. The van der Waals surface area contributed by atoms with E-state index in [2.05, 4.69) is 10.6 Å². The van der Waals surface area contributed by atoms with Crippen LogP contribution in [0, 0.1) is 35.5 Å². The molecule has 0 spiro atoms. The van der Waals surface area contributed by atoms with E-state index >= 15 is 0 Å². The third-order valence-corrected chi connectivity index (χ3v) is 9.78. The molecule has 166 valence electrons. The fourth-order valence-corrected chi connectivity index (χ4v) is 8.57. The van der Waals surface area contributed by atoms with Crippen LogP contribution in [0.2, 0.25) is 0 Å². The summed E-state index contributed by atoms with van der Waals surface area (Å²) < 4.78 is 0. The average Bonchev–Trinajstić information content (AvgIpc) is 3.29. The highest BCUT2D eigenvalue weighted by molar-refractivity contribution is 5.02. The first-order chi connectivity index (χ1) is 14.2. The third kappa shape index (κ3) is 4.16. The van der Waals surface area contributed by atoms with Gasteiger partial charge in [0.1, 0.15) is 0 Å². The minimum atomic E-state index is -0.244. The maximum atomic E-state index is 11.3. The number of rotatable bonds is 0. The van der Waals surface area contributed by atoms with Crippen LogP contribution in [-0.4, -0.2) is 47.6 Å². The summed E-state index contributed by atoms with van der Waals surface area (Å²) in [7, 11) is 0. The van der Waals surface area contributed by atoms with E-state index in [9.17, 15) is 10.2 Å². The molecular weight excluding hydrogens is 360 g/mol. The highest BCUT2D eigenvalue weighted by Crippen LogP contribution is 2.50. The van der Waals surface area contributed by atoms with Crippen molar-refractivity contribution in [3.05, 3.63) is 0 Å². The van der Waals surface area contributed by atoms with E-state index in [1.54, 1.807) is 0 Å². The van der Waals surface area contributed by atoms with Crippen molar-refractivity contribution in [3.8, 4) is 0 Å². The lowest BCUT2D eigenvalue weighted by molar-refractivity contribution is 0.0113. The number of hydrogen-bond donors (Lipinski definition) is 4. The van der Waals surface area contributed by atoms with Gasteiger partial charge in [-0.1, -0.05) is 38.5 Å². The molecule has 5 rings (SSSR count). The lowest BCUT2D eigenvalue weighted by Gasteiger charge is -2.35. The summed E-state index contributed by atoms with van der Waals surface area (Å²) in [5.41, 5.74) is 0. The Bertz CT molecular complexity index is 497. The van der Waals surface area contributed by atoms with E-state index in [0.717, 1.165) is 44.2 Å². The molecule has 29 heavy (non-hydrogen) atoms. The molecule has 1 saturated heterocycles. The molecule has 4 aliphatic carbocycles. The lowest BCUT2D eigenvalue weighted by Crippen LogP contribution is -2.42. The zero-order valence-electron chi connectivity index (χ0n) is 18.3. The number of hydrogen-bond acceptors (Lipinski definition) is 4. The summed E-state index contributed by atoms with van der Waals surface area (Å²) >= 11 is 0. The Morgan fingerprint density at radius 3 is 1.45 bits per heavy atom. The third-order valence-electron chi connectivity index (χ3n) is 9.78. The van der Waals surface area contributed by atoms with Crippen molar-refractivity contribution >= 4 is 0 Å². The van der Waals surface area contributed by atoms with Gasteiger partial charge in [-0.05, 0) is 81.7 Å². The Morgan fingerprint density at radius 2 is 0.966 bits per heavy atom. The van der Waals surface area contributed by atoms with Crippen LogP contribution in [0.1, 0.15) is 83.5 Å². The molecule has 0 aromatic rings. The number of nitrogens with one attached hydrogen (secondary N) is 2. The summed E-state index contributed by atoms with van der Waals surface area (Å²) in [5.74, 6) is 3.86. The van der Waals surface area contributed by atoms with Crippen molar-refractivity contribution in [1.82, 2.24) is 10.6 Å². The monoisotopic (exact) mass is 404 g/mol. The van der Waals surface area contributed by atoms with E-state index in [1.165, 1.54) is 64.2 Å². The van der Waals surface area contributed by atoms with Gasteiger partial charge in [-0.2, -0.15) is 0 Å². The molecule has 4 N–H and O–H groups in total. The summed E-state index contributed by atoms with van der Waals surface area (Å²) in [6.45, 7) is 2.13. The van der Waals surface area contributed by atoms with E-state index in [0.29, 0.717) is 35.8 Å². The van der Waals surface area contributed by atoms with Crippen LogP contribution < -0.4 is 10.6 Å². The summed E-state index contributed by atoms with van der Waals surface area (Å²) in [6, 6.07) is 0.969. The van der Waals surface area contributed by atoms with Gasteiger partial charge < -0.3 is 20.8 Å². The number of aliphatic hydroxyl groups is 2. The molecule has 0 bridgehead atoms. The van der Waals surface area contributed by atoms with Crippen molar-refractivity contribution in [2.24, 2.45) is 35.5 Å². The first kappa shape index (κ1) is 20.7. The van der Waals surface area contributed by atoms with E-state index < -0.39 is 0 Å². The molecule has 0 radical (unpaired) electrons. The first-order valence-corrected chi connectivity index (χ1v) is 13.1. The Hall–Kier alpha value is -0.160. The fraction of sp³-hybridized carbons (Fsp3) is 1.00. The molecule has 0 aromatic carbocycles. The average molecular weight is 405 g/mol. The normalized spacial score (nSPS) is 51.5. The highest BCUT2D eigenvalue weighted by Gasteiger charge is 2.49. The quantitative estimate of drug-likeness (QED) is 0.499. The second kappa shape index (κ2) is 9.14. The second-order valence-electron chi connectivity index (χ2n) is 11.2. The number of fused-ring (bicyclic) bond motifs is 6. The maximum Gasteiger partial charge on any atom is 0.0587 e. The lowest BCUT2D eigenvalue weighted by atomic mass is 9.74. The molecule has 0 amide bonds. The molecule has 4 saturated carbocycles. The smallest absolute Gasteiger partial charge is 0.0587 e. The van der Waals surface area contributed by atoms with Gasteiger partial charge >= 0.3 is 0 Å². The zero-order valence-corrected chi connectivity index (χ0v) is 18.3. The molecule has 1 aliphatic heterocycles.